The Morgan fingerprint density at radius 1 is 0.541 bits per heavy atom. The molecule has 4 aromatic rings. The summed E-state index contributed by atoms with van der Waals surface area (Å²) in [6, 6.07) is 21.0. The van der Waals surface area contributed by atoms with E-state index in [9.17, 15) is 31.4 Å². The van der Waals surface area contributed by atoms with E-state index in [-0.39, 0.29) is 16.9 Å². The van der Waals surface area contributed by atoms with Crippen LogP contribution in [0.3, 0.4) is 0 Å². The first-order chi connectivity index (χ1) is 17.6. The Balaban J connectivity index is 1.74. The molecule has 0 unspecified atom stereocenters. The Labute approximate surface area is 208 Å². The summed E-state index contributed by atoms with van der Waals surface area (Å²) >= 11 is 0. The highest BCUT2D eigenvalue weighted by atomic mass is 19.4. The zero-order valence-electron chi connectivity index (χ0n) is 19.1. The molecular formula is C28H20F6O3. The first kappa shape index (κ1) is 25.9. The van der Waals surface area contributed by atoms with Crippen molar-refractivity contribution in [2.45, 2.75) is 25.6 Å². The minimum Gasteiger partial charge on any atom is -0.508 e. The van der Waals surface area contributed by atoms with Crippen molar-refractivity contribution in [2.24, 2.45) is 0 Å². The maximum atomic E-state index is 13.5. The molecule has 0 radical (unpaired) electrons. The number of halogens is 6. The SMILES string of the molecule is Oc1ccc(-c2ccccc2)c(COc2ccccc2C(F)(F)F)c1COc1ccccc1C(F)(F)F. The predicted molar refractivity (Wildman–Crippen MR) is 125 cm³/mol. The number of hydrogen-bond donors (Lipinski definition) is 1. The third-order valence-electron chi connectivity index (χ3n) is 5.62. The van der Waals surface area contributed by atoms with Crippen LogP contribution in [0.1, 0.15) is 22.3 Å². The third-order valence-corrected chi connectivity index (χ3v) is 5.62. The van der Waals surface area contributed by atoms with E-state index in [2.05, 4.69) is 0 Å². The van der Waals surface area contributed by atoms with Gasteiger partial charge in [0.05, 0.1) is 11.1 Å². The molecule has 9 heteroatoms. The molecule has 0 aromatic heterocycles. The zero-order valence-corrected chi connectivity index (χ0v) is 19.1. The van der Waals surface area contributed by atoms with Crippen molar-refractivity contribution in [3.8, 4) is 28.4 Å². The lowest BCUT2D eigenvalue weighted by Gasteiger charge is -2.20. The second-order valence-electron chi connectivity index (χ2n) is 8.02. The van der Waals surface area contributed by atoms with Gasteiger partial charge in [-0.1, -0.05) is 60.7 Å². The van der Waals surface area contributed by atoms with Crippen LogP contribution in [0.25, 0.3) is 11.1 Å². The molecule has 0 heterocycles. The molecular weight excluding hydrogens is 498 g/mol. The van der Waals surface area contributed by atoms with E-state index in [1.54, 1.807) is 36.4 Å². The summed E-state index contributed by atoms with van der Waals surface area (Å²) in [6.07, 6.45) is -9.33. The minimum atomic E-state index is -4.67. The van der Waals surface area contributed by atoms with Gasteiger partial charge < -0.3 is 14.6 Å². The quantitative estimate of drug-likeness (QED) is 0.250. The largest absolute Gasteiger partial charge is 0.508 e. The fourth-order valence-electron chi connectivity index (χ4n) is 3.85. The highest BCUT2D eigenvalue weighted by Crippen LogP contribution is 2.39. The molecule has 0 aliphatic rings. The lowest BCUT2D eigenvalue weighted by atomic mass is 9.95. The Morgan fingerprint density at radius 3 is 1.51 bits per heavy atom. The van der Waals surface area contributed by atoms with Crippen molar-refractivity contribution in [1.29, 1.82) is 0 Å². The van der Waals surface area contributed by atoms with Gasteiger partial charge in [0.1, 0.15) is 30.5 Å². The summed E-state index contributed by atoms with van der Waals surface area (Å²) in [7, 11) is 0. The fraction of sp³-hybridized carbons (Fsp3) is 0.143. The van der Waals surface area contributed by atoms with Crippen molar-refractivity contribution in [2.75, 3.05) is 0 Å². The number of ether oxygens (including phenoxy) is 2. The topological polar surface area (TPSA) is 38.7 Å². The van der Waals surface area contributed by atoms with Gasteiger partial charge in [0, 0.05) is 11.1 Å². The Hall–Kier alpha value is -4.14. The molecule has 4 rings (SSSR count). The standard InChI is InChI=1S/C28H20F6O3/c29-27(30,31)22-10-4-6-12-25(22)36-16-20-19(18-8-2-1-3-9-18)14-15-24(35)21(20)17-37-26-13-7-5-11-23(26)28(32,33)34/h1-15,35H,16-17H2. The monoisotopic (exact) mass is 518 g/mol. The van der Waals surface area contributed by atoms with E-state index < -0.39 is 48.2 Å². The summed E-state index contributed by atoms with van der Waals surface area (Å²) in [5.74, 6) is -1.17. The second kappa shape index (κ2) is 10.5. The van der Waals surface area contributed by atoms with Gasteiger partial charge in [-0.25, -0.2) is 0 Å². The molecule has 192 valence electrons. The van der Waals surface area contributed by atoms with Crippen LogP contribution in [-0.4, -0.2) is 5.11 Å². The number of rotatable bonds is 7. The van der Waals surface area contributed by atoms with E-state index in [0.717, 1.165) is 18.2 Å². The molecule has 0 amide bonds. The summed E-state index contributed by atoms with van der Waals surface area (Å²) in [5, 5.41) is 10.6. The number of benzene rings is 4. The van der Waals surface area contributed by atoms with Gasteiger partial charge in [-0.3, -0.25) is 0 Å². The molecule has 4 aromatic carbocycles. The average molecular weight is 518 g/mol. The highest BCUT2D eigenvalue weighted by molar-refractivity contribution is 5.70. The highest BCUT2D eigenvalue weighted by Gasteiger charge is 2.35. The van der Waals surface area contributed by atoms with E-state index in [4.69, 9.17) is 9.47 Å². The molecule has 1 N–H and O–H groups in total. The Bertz CT molecular complexity index is 1360. The Morgan fingerprint density at radius 2 is 1.00 bits per heavy atom. The smallest absolute Gasteiger partial charge is 0.419 e. The van der Waals surface area contributed by atoms with Crippen LogP contribution in [-0.2, 0) is 25.6 Å². The molecule has 3 nitrogen and oxygen atoms in total. The molecule has 0 bridgehead atoms. The van der Waals surface area contributed by atoms with Crippen LogP contribution in [0.5, 0.6) is 17.2 Å². The van der Waals surface area contributed by atoms with Crippen LogP contribution in [0.2, 0.25) is 0 Å². The summed E-state index contributed by atoms with van der Waals surface area (Å²) in [6.45, 7) is -0.898. The first-order valence-corrected chi connectivity index (χ1v) is 11.0. The molecule has 0 saturated heterocycles. The minimum absolute atomic E-state index is 0.0859. The van der Waals surface area contributed by atoms with Crippen molar-refractivity contribution >= 4 is 0 Å². The van der Waals surface area contributed by atoms with Crippen LogP contribution < -0.4 is 9.47 Å². The number of aromatic hydroxyl groups is 1. The fourth-order valence-corrected chi connectivity index (χ4v) is 3.85. The van der Waals surface area contributed by atoms with Gasteiger partial charge in [0.25, 0.3) is 0 Å². The van der Waals surface area contributed by atoms with Crippen molar-refractivity contribution in [3.63, 3.8) is 0 Å². The predicted octanol–water partition coefficient (Wildman–Crippen LogP) is 8.25. The van der Waals surface area contributed by atoms with Gasteiger partial charge in [0.2, 0.25) is 0 Å². The average Bonchev–Trinajstić information content (AvgIpc) is 2.86. The summed E-state index contributed by atoms with van der Waals surface area (Å²) < 4.78 is 91.7. The number of hydrogen-bond acceptors (Lipinski definition) is 3. The number of para-hydroxylation sites is 2. The second-order valence-corrected chi connectivity index (χ2v) is 8.02. The number of phenols is 1. The van der Waals surface area contributed by atoms with Crippen LogP contribution in [0.4, 0.5) is 26.3 Å². The van der Waals surface area contributed by atoms with E-state index >= 15 is 0 Å². The molecule has 0 fully saturated rings. The summed E-state index contributed by atoms with van der Waals surface area (Å²) in [5.41, 5.74) is -0.429. The van der Waals surface area contributed by atoms with E-state index in [1.807, 2.05) is 0 Å². The Kier molecular flexibility index (Phi) is 7.33. The van der Waals surface area contributed by atoms with Crippen molar-refractivity contribution < 1.29 is 40.9 Å². The van der Waals surface area contributed by atoms with E-state index in [0.29, 0.717) is 11.1 Å². The molecule has 37 heavy (non-hydrogen) atoms. The van der Waals surface area contributed by atoms with Crippen LogP contribution in [0.15, 0.2) is 91.0 Å². The number of phenolic OH excluding ortho intramolecular Hbond substituents is 1. The molecule has 0 saturated carbocycles. The van der Waals surface area contributed by atoms with Crippen molar-refractivity contribution in [1.82, 2.24) is 0 Å². The maximum Gasteiger partial charge on any atom is 0.419 e. The summed E-state index contributed by atoms with van der Waals surface area (Å²) in [4.78, 5) is 0. The third kappa shape index (κ3) is 5.99. The molecule has 0 aliphatic heterocycles. The van der Waals surface area contributed by atoms with Crippen LogP contribution >= 0.6 is 0 Å². The maximum absolute atomic E-state index is 13.5. The van der Waals surface area contributed by atoms with Crippen molar-refractivity contribution in [3.05, 3.63) is 113 Å². The van der Waals surface area contributed by atoms with Gasteiger partial charge in [-0.2, -0.15) is 26.3 Å². The van der Waals surface area contributed by atoms with E-state index in [1.165, 1.54) is 36.4 Å². The van der Waals surface area contributed by atoms with Gasteiger partial charge in [-0.15, -0.1) is 0 Å². The molecule has 0 spiro atoms. The normalized spacial score (nSPS) is 11.8. The number of alkyl halides is 6. The van der Waals surface area contributed by atoms with Gasteiger partial charge in [0.15, 0.2) is 0 Å². The van der Waals surface area contributed by atoms with Crippen LogP contribution in [0, 0.1) is 0 Å². The lowest BCUT2D eigenvalue weighted by Crippen LogP contribution is -2.12. The zero-order chi connectivity index (χ0) is 26.6. The first-order valence-electron chi connectivity index (χ1n) is 11.0. The van der Waals surface area contributed by atoms with Gasteiger partial charge in [-0.05, 0) is 41.5 Å². The van der Waals surface area contributed by atoms with Gasteiger partial charge >= 0.3 is 12.4 Å². The lowest BCUT2D eigenvalue weighted by molar-refractivity contribution is -0.140. The molecule has 0 aliphatic carbocycles. The molecule has 0 atom stereocenters.